The number of hydrogen-bond donors (Lipinski definition) is 0. The Hall–Kier alpha value is -2.10. The lowest BCUT2D eigenvalue weighted by atomic mass is 10.2. The van der Waals surface area contributed by atoms with Crippen molar-refractivity contribution in [3.05, 3.63) is 48.6 Å². The van der Waals surface area contributed by atoms with Crippen molar-refractivity contribution in [2.24, 2.45) is 0 Å². The molecule has 1 aromatic rings. The number of esters is 2. The van der Waals surface area contributed by atoms with Gasteiger partial charge in [0.25, 0.3) is 0 Å². The van der Waals surface area contributed by atoms with Crippen LogP contribution in [0.4, 0.5) is 0 Å². The molecule has 0 fully saturated rings. The van der Waals surface area contributed by atoms with E-state index in [1.165, 1.54) is 6.92 Å². The lowest BCUT2D eigenvalue weighted by Crippen LogP contribution is -2.21. The SMILES string of the molecule is C=CC(=O)OC(C)OC(=O)Cc1ccccc1. The van der Waals surface area contributed by atoms with Crippen LogP contribution in [0, 0.1) is 0 Å². The Bertz CT molecular complexity index is 397. The molecule has 0 aliphatic carbocycles. The molecule has 0 saturated carbocycles. The number of rotatable bonds is 5. The quantitative estimate of drug-likeness (QED) is 0.443. The van der Waals surface area contributed by atoms with Crippen LogP contribution in [0.15, 0.2) is 43.0 Å². The largest absolute Gasteiger partial charge is 0.425 e. The second-order valence-corrected chi connectivity index (χ2v) is 3.36. The summed E-state index contributed by atoms with van der Waals surface area (Å²) in [6, 6.07) is 9.18. The molecule has 0 aliphatic rings. The standard InChI is InChI=1S/C13H14O4/c1-3-12(14)16-10(2)17-13(15)9-11-7-5-4-6-8-11/h3-8,10H,1,9H2,2H3. The summed E-state index contributed by atoms with van der Waals surface area (Å²) < 4.78 is 9.60. The Morgan fingerprint density at radius 3 is 2.53 bits per heavy atom. The highest BCUT2D eigenvalue weighted by atomic mass is 16.7. The fourth-order valence-corrected chi connectivity index (χ4v) is 1.23. The molecule has 90 valence electrons. The second-order valence-electron chi connectivity index (χ2n) is 3.36. The van der Waals surface area contributed by atoms with Gasteiger partial charge in [-0.3, -0.25) is 4.79 Å². The maximum Gasteiger partial charge on any atom is 0.333 e. The van der Waals surface area contributed by atoms with E-state index in [0.717, 1.165) is 11.6 Å². The van der Waals surface area contributed by atoms with Gasteiger partial charge in [0.05, 0.1) is 6.42 Å². The van der Waals surface area contributed by atoms with E-state index in [1.54, 1.807) is 0 Å². The molecule has 1 atom stereocenters. The fourth-order valence-electron chi connectivity index (χ4n) is 1.23. The van der Waals surface area contributed by atoms with Gasteiger partial charge in [-0.2, -0.15) is 0 Å². The van der Waals surface area contributed by atoms with E-state index in [0.29, 0.717) is 0 Å². The first kappa shape index (κ1) is 13.0. The van der Waals surface area contributed by atoms with Crippen molar-refractivity contribution in [3.8, 4) is 0 Å². The molecule has 0 radical (unpaired) electrons. The summed E-state index contributed by atoms with van der Waals surface area (Å²) in [4.78, 5) is 22.3. The van der Waals surface area contributed by atoms with Crippen molar-refractivity contribution in [1.82, 2.24) is 0 Å². The minimum atomic E-state index is -0.906. The van der Waals surface area contributed by atoms with Crippen LogP contribution in [-0.4, -0.2) is 18.2 Å². The summed E-state index contributed by atoms with van der Waals surface area (Å²) in [6.07, 6.45) is 0.259. The van der Waals surface area contributed by atoms with Crippen molar-refractivity contribution >= 4 is 11.9 Å². The van der Waals surface area contributed by atoms with Gasteiger partial charge in [0.15, 0.2) is 0 Å². The zero-order valence-corrected chi connectivity index (χ0v) is 9.59. The van der Waals surface area contributed by atoms with Crippen LogP contribution < -0.4 is 0 Å². The third-order valence-electron chi connectivity index (χ3n) is 1.94. The smallest absolute Gasteiger partial charge is 0.333 e. The van der Waals surface area contributed by atoms with E-state index in [2.05, 4.69) is 6.58 Å². The first-order valence-electron chi connectivity index (χ1n) is 5.18. The summed E-state index contributed by atoms with van der Waals surface area (Å²) in [5.74, 6) is -1.06. The minimum Gasteiger partial charge on any atom is -0.425 e. The third kappa shape index (κ3) is 4.97. The Balaban J connectivity index is 2.39. The van der Waals surface area contributed by atoms with E-state index < -0.39 is 18.2 Å². The molecule has 0 aromatic heterocycles. The van der Waals surface area contributed by atoms with Crippen LogP contribution in [0.1, 0.15) is 12.5 Å². The van der Waals surface area contributed by atoms with E-state index in [9.17, 15) is 9.59 Å². The molecule has 0 heterocycles. The lowest BCUT2D eigenvalue weighted by Gasteiger charge is -2.12. The molecule has 0 aliphatic heterocycles. The molecule has 0 saturated heterocycles. The minimum absolute atomic E-state index is 0.150. The monoisotopic (exact) mass is 234 g/mol. The molecule has 1 unspecified atom stereocenters. The van der Waals surface area contributed by atoms with Gasteiger partial charge < -0.3 is 9.47 Å². The van der Waals surface area contributed by atoms with Gasteiger partial charge in [0, 0.05) is 13.0 Å². The average Bonchev–Trinajstić information content (AvgIpc) is 2.29. The number of carbonyl (C=O) groups excluding carboxylic acids is 2. The van der Waals surface area contributed by atoms with Gasteiger partial charge in [-0.15, -0.1) is 0 Å². The number of hydrogen-bond acceptors (Lipinski definition) is 4. The molecule has 1 rings (SSSR count). The van der Waals surface area contributed by atoms with Crippen LogP contribution >= 0.6 is 0 Å². The van der Waals surface area contributed by atoms with Crippen LogP contribution in [0.5, 0.6) is 0 Å². The maximum atomic E-state index is 11.5. The molecule has 0 bridgehead atoms. The summed E-state index contributed by atoms with van der Waals surface area (Å²) in [6.45, 7) is 4.72. The molecular formula is C13H14O4. The molecule has 1 aromatic carbocycles. The van der Waals surface area contributed by atoms with Gasteiger partial charge in [-0.1, -0.05) is 36.9 Å². The van der Waals surface area contributed by atoms with Crippen molar-refractivity contribution in [2.45, 2.75) is 19.6 Å². The third-order valence-corrected chi connectivity index (χ3v) is 1.94. The van der Waals surface area contributed by atoms with Crippen molar-refractivity contribution < 1.29 is 19.1 Å². The highest BCUT2D eigenvalue weighted by molar-refractivity contribution is 5.81. The summed E-state index contributed by atoms with van der Waals surface area (Å²) in [5.41, 5.74) is 0.847. The predicted molar refractivity (Wildman–Crippen MR) is 62.0 cm³/mol. The summed E-state index contributed by atoms with van der Waals surface area (Å²) in [5, 5.41) is 0. The summed E-state index contributed by atoms with van der Waals surface area (Å²) in [7, 11) is 0. The highest BCUT2D eigenvalue weighted by Crippen LogP contribution is 2.03. The molecule has 17 heavy (non-hydrogen) atoms. The molecule has 0 amide bonds. The van der Waals surface area contributed by atoms with E-state index in [4.69, 9.17) is 9.47 Å². The van der Waals surface area contributed by atoms with E-state index in [-0.39, 0.29) is 6.42 Å². The lowest BCUT2D eigenvalue weighted by molar-refractivity contribution is -0.180. The molecule has 4 nitrogen and oxygen atoms in total. The maximum absolute atomic E-state index is 11.5. The van der Waals surface area contributed by atoms with Crippen LogP contribution in [0.2, 0.25) is 0 Å². The van der Waals surface area contributed by atoms with Crippen molar-refractivity contribution in [1.29, 1.82) is 0 Å². The first-order chi connectivity index (χ1) is 8.11. The van der Waals surface area contributed by atoms with Gasteiger partial charge in [0.1, 0.15) is 0 Å². The van der Waals surface area contributed by atoms with Crippen LogP contribution in [0.25, 0.3) is 0 Å². The average molecular weight is 234 g/mol. The Morgan fingerprint density at radius 1 is 1.29 bits per heavy atom. The van der Waals surface area contributed by atoms with Gasteiger partial charge in [-0.05, 0) is 5.56 Å². The second kappa shape index (κ2) is 6.48. The first-order valence-corrected chi connectivity index (χ1v) is 5.18. The van der Waals surface area contributed by atoms with Crippen molar-refractivity contribution in [2.75, 3.05) is 0 Å². The molecule has 4 heteroatoms. The number of benzene rings is 1. The Labute approximate surface area is 99.8 Å². The fraction of sp³-hybridized carbons (Fsp3) is 0.231. The zero-order chi connectivity index (χ0) is 12.7. The van der Waals surface area contributed by atoms with Crippen LogP contribution in [0.3, 0.4) is 0 Å². The highest BCUT2D eigenvalue weighted by Gasteiger charge is 2.12. The molecule has 0 spiro atoms. The normalized spacial score (nSPS) is 11.4. The van der Waals surface area contributed by atoms with Gasteiger partial charge >= 0.3 is 11.9 Å². The Morgan fingerprint density at radius 2 is 1.94 bits per heavy atom. The van der Waals surface area contributed by atoms with Gasteiger partial charge in [0.2, 0.25) is 6.29 Å². The zero-order valence-electron chi connectivity index (χ0n) is 9.59. The van der Waals surface area contributed by atoms with Crippen molar-refractivity contribution in [3.63, 3.8) is 0 Å². The molecule has 0 N–H and O–H groups in total. The number of carbonyl (C=O) groups is 2. The van der Waals surface area contributed by atoms with Gasteiger partial charge in [-0.25, -0.2) is 4.79 Å². The predicted octanol–water partition coefficient (Wildman–Crippen LogP) is 1.85. The van der Waals surface area contributed by atoms with Crippen LogP contribution in [-0.2, 0) is 25.5 Å². The molecular weight excluding hydrogens is 220 g/mol. The van der Waals surface area contributed by atoms with E-state index >= 15 is 0 Å². The summed E-state index contributed by atoms with van der Waals surface area (Å²) >= 11 is 0. The Kier molecular flexibility index (Phi) is 4.94. The van der Waals surface area contributed by atoms with E-state index in [1.807, 2.05) is 30.3 Å². The number of ether oxygens (including phenoxy) is 2. The topological polar surface area (TPSA) is 52.6 Å².